The fourth-order valence-corrected chi connectivity index (χ4v) is 2.46. The molecule has 0 fully saturated rings. The number of phenolic OH excluding ortho intramolecular Hbond substituents is 1. The van der Waals surface area contributed by atoms with E-state index in [1.807, 2.05) is 26.2 Å². The highest BCUT2D eigenvalue weighted by Gasteiger charge is 2.35. The summed E-state index contributed by atoms with van der Waals surface area (Å²) < 4.78 is 5.96. The molecule has 0 bridgehead atoms. The third-order valence-corrected chi connectivity index (χ3v) is 3.38. The van der Waals surface area contributed by atoms with Crippen molar-refractivity contribution in [1.82, 2.24) is 9.80 Å². The standard InChI is InChI=1S/C14H22N2O2/c1-15(2)8-7-11-12-9-10(17)5-6-13(12)18-14(11)16(3)4/h5-6,9,11,14,17H,7-8H2,1-4H3. The largest absolute Gasteiger partial charge is 0.508 e. The zero-order valence-electron chi connectivity index (χ0n) is 11.6. The molecule has 1 aliphatic heterocycles. The Morgan fingerprint density at radius 2 is 1.94 bits per heavy atom. The van der Waals surface area contributed by atoms with Crippen LogP contribution in [-0.2, 0) is 0 Å². The highest BCUT2D eigenvalue weighted by atomic mass is 16.5. The van der Waals surface area contributed by atoms with Crippen molar-refractivity contribution in [3.8, 4) is 11.5 Å². The molecule has 0 aromatic heterocycles. The van der Waals surface area contributed by atoms with Gasteiger partial charge in [-0.15, -0.1) is 0 Å². The van der Waals surface area contributed by atoms with Crippen molar-refractivity contribution in [1.29, 1.82) is 0 Å². The Kier molecular flexibility index (Phi) is 3.78. The lowest BCUT2D eigenvalue weighted by Gasteiger charge is -2.26. The molecule has 0 spiro atoms. The van der Waals surface area contributed by atoms with Gasteiger partial charge < -0.3 is 14.7 Å². The Balaban J connectivity index is 2.24. The number of hydrogen-bond acceptors (Lipinski definition) is 4. The highest BCUT2D eigenvalue weighted by Crippen LogP contribution is 2.42. The Morgan fingerprint density at radius 3 is 2.56 bits per heavy atom. The molecule has 1 aliphatic rings. The van der Waals surface area contributed by atoms with Crippen molar-refractivity contribution in [2.24, 2.45) is 0 Å². The molecule has 0 radical (unpaired) electrons. The SMILES string of the molecule is CN(C)CCC1c2cc(O)ccc2OC1N(C)C. The van der Waals surface area contributed by atoms with E-state index in [-0.39, 0.29) is 6.23 Å². The van der Waals surface area contributed by atoms with E-state index in [2.05, 4.69) is 23.9 Å². The van der Waals surface area contributed by atoms with Gasteiger partial charge in [0.15, 0.2) is 6.23 Å². The zero-order valence-corrected chi connectivity index (χ0v) is 11.6. The molecule has 2 unspecified atom stereocenters. The number of aromatic hydroxyl groups is 1. The summed E-state index contributed by atoms with van der Waals surface area (Å²) in [5.74, 6) is 1.52. The quantitative estimate of drug-likeness (QED) is 0.882. The van der Waals surface area contributed by atoms with E-state index in [0.717, 1.165) is 24.3 Å². The number of hydrogen-bond donors (Lipinski definition) is 1. The second-order valence-corrected chi connectivity index (χ2v) is 5.39. The van der Waals surface area contributed by atoms with Crippen molar-refractivity contribution < 1.29 is 9.84 Å². The van der Waals surface area contributed by atoms with Crippen LogP contribution in [0.25, 0.3) is 0 Å². The van der Waals surface area contributed by atoms with Gasteiger partial charge in [0, 0.05) is 11.5 Å². The van der Waals surface area contributed by atoms with Crippen LogP contribution in [0.15, 0.2) is 18.2 Å². The summed E-state index contributed by atoms with van der Waals surface area (Å²) in [6.07, 6.45) is 1.08. The van der Waals surface area contributed by atoms with E-state index in [0.29, 0.717) is 11.7 Å². The van der Waals surface area contributed by atoms with Gasteiger partial charge in [0.2, 0.25) is 0 Å². The van der Waals surface area contributed by atoms with E-state index < -0.39 is 0 Å². The molecule has 18 heavy (non-hydrogen) atoms. The van der Waals surface area contributed by atoms with Crippen LogP contribution in [0.4, 0.5) is 0 Å². The minimum Gasteiger partial charge on any atom is -0.508 e. The van der Waals surface area contributed by atoms with Crippen LogP contribution < -0.4 is 4.74 Å². The van der Waals surface area contributed by atoms with Crippen molar-refractivity contribution in [2.45, 2.75) is 18.6 Å². The van der Waals surface area contributed by atoms with Crippen LogP contribution in [0.2, 0.25) is 0 Å². The van der Waals surface area contributed by atoms with Crippen LogP contribution >= 0.6 is 0 Å². The van der Waals surface area contributed by atoms with Crippen LogP contribution in [0.3, 0.4) is 0 Å². The van der Waals surface area contributed by atoms with Gasteiger partial charge in [0.1, 0.15) is 11.5 Å². The molecule has 1 heterocycles. The van der Waals surface area contributed by atoms with E-state index in [1.54, 1.807) is 6.07 Å². The molecule has 1 N–H and O–H groups in total. The summed E-state index contributed by atoms with van der Waals surface area (Å²) in [5.41, 5.74) is 1.12. The van der Waals surface area contributed by atoms with E-state index in [4.69, 9.17) is 4.74 Å². The number of ether oxygens (including phenoxy) is 1. The molecule has 2 atom stereocenters. The molecule has 1 aromatic carbocycles. The van der Waals surface area contributed by atoms with E-state index in [1.165, 1.54) is 0 Å². The number of nitrogens with zero attached hydrogens (tertiary/aromatic N) is 2. The van der Waals surface area contributed by atoms with Crippen LogP contribution in [0.5, 0.6) is 11.5 Å². The molecule has 0 saturated carbocycles. The van der Waals surface area contributed by atoms with Gasteiger partial charge in [-0.25, -0.2) is 0 Å². The fourth-order valence-electron chi connectivity index (χ4n) is 2.46. The summed E-state index contributed by atoms with van der Waals surface area (Å²) >= 11 is 0. The third-order valence-electron chi connectivity index (χ3n) is 3.38. The highest BCUT2D eigenvalue weighted by molar-refractivity contribution is 5.45. The van der Waals surface area contributed by atoms with Crippen LogP contribution in [0, 0.1) is 0 Å². The van der Waals surface area contributed by atoms with Gasteiger partial charge in [-0.2, -0.15) is 0 Å². The molecular weight excluding hydrogens is 228 g/mol. The van der Waals surface area contributed by atoms with Crippen molar-refractivity contribution in [2.75, 3.05) is 34.7 Å². The summed E-state index contributed by atoms with van der Waals surface area (Å²) in [6, 6.07) is 5.37. The lowest BCUT2D eigenvalue weighted by atomic mass is 9.94. The Hall–Kier alpha value is -1.26. The minimum atomic E-state index is 0.0572. The Labute approximate surface area is 109 Å². The minimum absolute atomic E-state index is 0.0572. The maximum Gasteiger partial charge on any atom is 0.159 e. The molecule has 4 heteroatoms. The molecular formula is C14H22N2O2. The predicted molar refractivity (Wildman–Crippen MR) is 72.1 cm³/mol. The first-order valence-electron chi connectivity index (χ1n) is 6.30. The molecule has 4 nitrogen and oxygen atoms in total. The zero-order chi connectivity index (χ0) is 13.3. The molecule has 100 valence electrons. The number of rotatable bonds is 4. The van der Waals surface area contributed by atoms with Gasteiger partial charge in [-0.1, -0.05) is 0 Å². The summed E-state index contributed by atoms with van der Waals surface area (Å²) in [4.78, 5) is 4.27. The lowest BCUT2D eigenvalue weighted by molar-refractivity contribution is 0.0595. The number of benzene rings is 1. The van der Waals surface area contributed by atoms with Gasteiger partial charge in [0.25, 0.3) is 0 Å². The normalized spacial score (nSPS) is 22.3. The van der Waals surface area contributed by atoms with Crippen molar-refractivity contribution in [3.05, 3.63) is 23.8 Å². The second kappa shape index (κ2) is 5.16. The topological polar surface area (TPSA) is 35.9 Å². The number of fused-ring (bicyclic) bond motifs is 1. The maximum atomic E-state index is 9.64. The number of likely N-dealkylation sites (N-methyl/N-ethyl adjacent to an activating group) is 1. The average molecular weight is 250 g/mol. The van der Waals surface area contributed by atoms with Gasteiger partial charge >= 0.3 is 0 Å². The van der Waals surface area contributed by atoms with Gasteiger partial charge in [-0.3, -0.25) is 4.90 Å². The van der Waals surface area contributed by atoms with Crippen LogP contribution in [-0.4, -0.2) is 55.9 Å². The van der Waals surface area contributed by atoms with Crippen molar-refractivity contribution in [3.63, 3.8) is 0 Å². The van der Waals surface area contributed by atoms with Crippen LogP contribution in [0.1, 0.15) is 17.9 Å². The van der Waals surface area contributed by atoms with Gasteiger partial charge in [0.05, 0.1) is 0 Å². The van der Waals surface area contributed by atoms with E-state index >= 15 is 0 Å². The van der Waals surface area contributed by atoms with Crippen molar-refractivity contribution >= 4 is 0 Å². The molecule has 1 aromatic rings. The summed E-state index contributed by atoms with van der Waals surface area (Å²) in [7, 11) is 8.20. The molecule has 2 rings (SSSR count). The smallest absolute Gasteiger partial charge is 0.159 e. The first-order chi connectivity index (χ1) is 8.49. The fraction of sp³-hybridized carbons (Fsp3) is 0.571. The second-order valence-electron chi connectivity index (χ2n) is 5.39. The molecule has 0 saturated heterocycles. The monoisotopic (exact) mass is 250 g/mol. The summed E-state index contributed by atoms with van der Waals surface area (Å²) in [6.45, 7) is 1.01. The third kappa shape index (κ3) is 2.60. The van der Waals surface area contributed by atoms with Gasteiger partial charge in [-0.05, 0) is 59.4 Å². The maximum absolute atomic E-state index is 9.64. The Bertz CT molecular complexity index is 418. The average Bonchev–Trinajstić information content (AvgIpc) is 2.64. The first kappa shape index (κ1) is 13.2. The Morgan fingerprint density at radius 1 is 1.22 bits per heavy atom. The summed E-state index contributed by atoms with van der Waals surface area (Å²) in [5, 5.41) is 9.64. The molecule has 0 amide bonds. The lowest BCUT2D eigenvalue weighted by Crippen LogP contribution is -2.36. The molecule has 0 aliphatic carbocycles. The van der Waals surface area contributed by atoms with E-state index in [9.17, 15) is 5.11 Å². The number of phenols is 1. The first-order valence-corrected chi connectivity index (χ1v) is 6.30. The predicted octanol–water partition coefficient (Wildman–Crippen LogP) is 1.71.